The number of amides is 1. The van der Waals surface area contributed by atoms with E-state index in [1.54, 1.807) is 0 Å². The highest BCUT2D eigenvalue weighted by atomic mass is 32.2. The van der Waals surface area contributed by atoms with Crippen LogP contribution in [0.15, 0.2) is 53.6 Å². The van der Waals surface area contributed by atoms with E-state index >= 15 is 0 Å². The summed E-state index contributed by atoms with van der Waals surface area (Å²) in [5.74, 6) is -0.708. The van der Waals surface area contributed by atoms with Gasteiger partial charge < -0.3 is 14.6 Å². The number of aromatic nitrogens is 3. The van der Waals surface area contributed by atoms with Gasteiger partial charge in [0.05, 0.1) is 38.5 Å². The first-order valence-electron chi connectivity index (χ1n) is 12.5. The predicted molar refractivity (Wildman–Crippen MR) is 129 cm³/mol. The molecular formula is C25H21F2N5O3S. The fourth-order valence-electron chi connectivity index (χ4n) is 5.11. The van der Waals surface area contributed by atoms with Crippen LogP contribution in [0, 0.1) is 11.6 Å². The molecule has 2 N–H and O–H groups in total. The molecule has 0 fully saturated rings. The summed E-state index contributed by atoms with van der Waals surface area (Å²) in [5.41, 5.74) is 0.960. The minimum absolute atomic E-state index is 0.0273. The largest absolute Gasteiger partial charge is 0.435 e. The number of hydrogen-bond acceptors (Lipinski definition) is 6. The van der Waals surface area contributed by atoms with Gasteiger partial charge in [0.15, 0.2) is 0 Å². The van der Waals surface area contributed by atoms with Gasteiger partial charge in [-0.25, -0.2) is 19.0 Å². The third-order valence-corrected chi connectivity index (χ3v) is 7.54. The number of para-hydroxylation sites is 2. The van der Waals surface area contributed by atoms with Crippen LogP contribution in [0.25, 0.3) is 22.3 Å². The smallest absolute Gasteiger partial charge is 0.387 e. The lowest BCUT2D eigenvalue weighted by atomic mass is 9.88. The Hall–Kier alpha value is -3.86. The minimum atomic E-state index is -3.37. The van der Waals surface area contributed by atoms with E-state index < -0.39 is 52.5 Å². The molecule has 2 aliphatic rings. The second kappa shape index (κ2) is 7.82. The monoisotopic (exact) mass is 512 g/mol. The number of ether oxygens (including phenoxy) is 1. The highest BCUT2D eigenvalue weighted by Gasteiger charge is 2.43. The van der Waals surface area contributed by atoms with Crippen molar-refractivity contribution < 1.29 is 26.6 Å². The molecule has 0 saturated carbocycles. The standard InChI is InChI=1S/C25H21F2N5O3S/c1-12-19(35-25(26)27)10-13-22(21(12)15-7-5-9-20(29-15)36(2,28)34)18-11-16(31-24(13)33)23-30-14-6-3-4-8-17(14)32(18)23/h3-10,16,18,25,28H,11H2,1-2H3,(H,31,33)/t16-,18-,36?/m1/s1/i1D3. The molecule has 4 aromatic rings. The van der Waals surface area contributed by atoms with Gasteiger partial charge in [0.1, 0.15) is 16.6 Å². The molecule has 1 unspecified atom stereocenters. The molecule has 6 rings (SSSR count). The number of benzene rings is 2. The first kappa shape index (κ1) is 19.3. The van der Waals surface area contributed by atoms with Gasteiger partial charge in [0, 0.05) is 27.1 Å². The third kappa shape index (κ3) is 3.37. The van der Waals surface area contributed by atoms with Crippen LogP contribution >= 0.6 is 0 Å². The van der Waals surface area contributed by atoms with E-state index in [2.05, 4.69) is 15.0 Å². The van der Waals surface area contributed by atoms with E-state index in [1.807, 2.05) is 28.8 Å². The van der Waals surface area contributed by atoms with E-state index in [1.165, 1.54) is 24.5 Å². The molecule has 1 amide bonds. The third-order valence-electron chi connectivity index (χ3n) is 6.51. The maximum atomic E-state index is 13.5. The molecule has 0 aliphatic carbocycles. The van der Waals surface area contributed by atoms with Crippen LogP contribution in [0.1, 0.15) is 49.9 Å². The second-order valence-electron chi connectivity index (χ2n) is 8.78. The summed E-state index contributed by atoms with van der Waals surface area (Å²) in [6.45, 7) is -6.34. The molecule has 4 heterocycles. The number of nitrogens with one attached hydrogen (secondary N) is 2. The number of rotatable bonds is 4. The normalized spacial score (nSPS) is 21.6. The number of pyridine rings is 1. The van der Waals surface area contributed by atoms with Crippen molar-refractivity contribution in [2.45, 2.75) is 37.0 Å². The van der Waals surface area contributed by atoms with Gasteiger partial charge in [0.2, 0.25) is 0 Å². The molecule has 0 saturated heterocycles. The van der Waals surface area contributed by atoms with Gasteiger partial charge in [-0.15, -0.1) is 0 Å². The van der Waals surface area contributed by atoms with E-state index in [9.17, 15) is 17.8 Å². The van der Waals surface area contributed by atoms with Crippen LogP contribution in [-0.4, -0.2) is 37.5 Å². The molecule has 8 nitrogen and oxygen atoms in total. The van der Waals surface area contributed by atoms with Crippen LogP contribution < -0.4 is 10.1 Å². The zero-order valence-corrected chi connectivity index (χ0v) is 19.6. The summed E-state index contributed by atoms with van der Waals surface area (Å²) >= 11 is 0. The van der Waals surface area contributed by atoms with Crippen LogP contribution in [0.2, 0.25) is 0 Å². The summed E-state index contributed by atoms with van der Waals surface area (Å²) in [6, 6.07) is 11.5. The number of alkyl halides is 2. The maximum Gasteiger partial charge on any atom is 0.387 e. The summed E-state index contributed by atoms with van der Waals surface area (Å²) in [4.78, 5) is 22.5. The molecule has 36 heavy (non-hydrogen) atoms. The number of carbonyl (C=O) groups is 1. The van der Waals surface area contributed by atoms with Crippen LogP contribution in [0.3, 0.4) is 0 Å². The van der Waals surface area contributed by atoms with Crippen molar-refractivity contribution in [3.05, 3.63) is 71.0 Å². The van der Waals surface area contributed by atoms with E-state index in [0.717, 1.165) is 11.6 Å². The molecule has 2 aromatic heterocycles. The Kier molecular flexibility index (Phi) is 4.20. The zero-order valence-electron chi connectivity index (χ0n) is 21.8. The van der Waals surface area contributed by atoms with Gasteiger partial charge in [-0.2, -0.15) is 8.78 Å². The minimum Gasteiger partial charge on any atom is -0.435 e. The highest BCUT2D eigenvalue weighted by molar-refractivity contribution is 7.91. The maximum absolute atomic E-state index is 13.5. The Morgan fingerprint density at radius 3 is 2.81 bits per heavy atom. The summed E-state index contributed by atoms with van der Waals surface area (Å²) in [5, 5.41) is 2.77. The number of nitrogens with zero attached hydrogens (tertiary/aromatic N) is 3. The molecule has 11 heteroatoms. The van der Waals surface area contributed by atoms with Crippen molar-refractivity contribution in [1.29, 1.82) is 4.78 Å². The summed E-state index contributed by atoms with van der Waals surface area (Å²) in [6.07, 6.45) is 1.50. The second-order valence-corrected chi connectivity index (χ2v) is 10.9. The van der Waals surface area contributed by atoms with Crippen molar-refractivity contribution in [1.82, 2.24) is 19.9 Å². The average molecular weight is 513 g/mol. The summed E-state index contributed by atoms with van der Waals surface area (Å²) in [7, 11) is -3.33. The van der Waals surface area contributed by atoms with Crippen molar-refractivity contribution >= 4 is 26.7 Å². The lowest BCUT2D eigenvalue weighted by molar-refractivity contribution is -0.0503. The lowest BCUT2D eigenvalue weighted by Crippen LogP contribution is -2.28. The quantitative estimate of drug-likeness (QED) is 0.407. The molecule has 184 valence electrons. The number of imidazole rings is 1. The van der Waals surface area contributed by atoms with Crippen LogP contribution in [-0.2, 0) is 9.73 Å². The van der Waals surface area contributed by atoms with E-state index in [4.69, 9.17) is 13.9 Å². The van der Waals surface area contributed by atoms with E-state index in [0.29, 0.717) is 17.8 Å². The Balaban J connectivity index is 1.76. The van der Waals surface area contributed by atoms with E-state index in [-0.39, 0.29) is 27.4 Å². The fourth-order valence-corrected chi connectivity index (χ4v) is 5.72. The zero-order chi connectivity index (χ0) is 27.9. The molecule has 2 bridgehead atoms. The molecule has 3 atom stereocenters. The molecule has 2 aliphatic heterocycles. The SMILES string of the molecule is [2H]C([2H])([2H])c1c(OC(F)F)cc2c(c1-c1cccc(S(C)(=N)=O)n1)[C@H]1C[C@@H](NC2=O)c2nc3ccccc3n21. The van der Waals surface area contributed by atoms with Crippen molar-refractivity contribution in [3.8, 4) is 17.0 Å². The van der Waals surface area contributed by atoms with Crippen molar-refractivity contribution in [2.24, 2.45) is 0 Å². The van der Waals surface area contributed by atoms with Crippen LogP contribution in [0.4, 0.5) is 8.78 Å². The molecule has 2 aromatic carbocycles. The van der Waals surface area contributed by atoms with Crippen LogP contribution in [0.5, 0.6) is 5.75 Å². The average Bonchev–Trinajstić information content (AvgIpc) is 3.35. The van der Waals surface area contributed by atoms with Crippen molar-refractivity contribution in [3.63, 3.8) is 0 Å². The first-order chi connectivity index (χ1) is 18.3. The highest BCUT2D eigenvalue weighted by Crippen LogP contribution is 2.49. The lowest BCUT2D eigenvalue weighted by Gasteiger charge is -2.24. The van der Waals surface area contributed by atoms with Gasteiger partial charge in [-0.05, 0) is 49.2 Å². The van der Waals surface area contributed by atoms with Gasteiger partial charge in [0.25, 0.3) is 5.91 Å². The number of carbonyl (C=O) groups excluding carboxylic acids is 1. The topological polar surface area (TPSA) is 110 Å². The van der Waals surface area contributed by atoms with Gasteiger partial charge in [-0.3, -0.25) is 4.79 Å². The Bertz CT molecular complexity index is 1790. The molecule has 0 radical (unpaired) electrons. The Labute approximate surface area is 209 Å². The summed E-state index contributed by atoms with van der Waals surface area (Å²) < 4.78 is 79.1. The van der Waals surface area contributed by atoms with Crippen molar-refractivity contribution in [2.75, 3.05) is 6.26 Å². The predicted octanol–water partition coefficient (Wildman–Crippen LogP) is 4.82. The van der Waals surface area contributed by atoms with Gasteiger partial charge in [-0.1, -0.05) is 18.2 Å². The Morgan fingerprint density at radius 2 is 2.06 bits per heavy atom. The molecular weight excluding hydrogens is 488 g/mol. The number of hydrogen-bond donors (Lipinski definition) is 2. The number of halogens is 2. The Morgan fingerprint density at radius 1 is 1.25 bits per heavy atom. The fraction of sp³-hybridized carbons (Fsp3) is 0.240. The van der Waals surface area contributed by atoms with Gasteiger partial charge >= 0.3 is 6.61 Å². The number of fused-ring (bicyclic) bond motifs is 9. The molecule has 0 spiro atoms. The first-order valence-corrected chi connectivity index (χ1v) is 13.0.